The largest absolute Gasteiger partial charge is 0.234 e. The number of azo groups is 1. The minimum absolute atomic E-state index is 0.473. The van der Waals surface area contributed by atoms with Gasteiger partial charge in [0.1, 0.15) is 0 Å². The van der Waals surface area contributed by atoms with Gasteiger partial charge in [-0.15, -0.1) is 10.2 Å². The lowest BCUT2D eigenvalue weighted by Crippen LogP contribution is -1.74. The average Bonchev–Trinajstić information content (AvgIpc) is 2.30. The molecule has 0 saturated heterocycles. The van der Waals surface area contributed by atoms with Crippen LogP contribution in [0.1, 0.15) is 0 Å². The third kappa shape index (κ3) is 2.98. The molecule has 0 fully saturated rings. The Kier molecular flexibility index (Phi) is 3.44. The summed E-state index contributed by atoms with van der Waals surface area (Å²) in [6.07, 6.45) is 3.01. The van der Waals surface area contributed by atoms with Crippen molar-refractivity contribution < 1.29 is 0 Å². The van der Waals surface area contributed by atoms with E-state index >= 15 is 0 Å². The molecule has 4 nitrogen and oxygen atoms in total. The standard InChI is InChI=1S/C10H6Cl2N4/c11-7-1-3-9(13-5-7)15-16-10-4-2-8(12)6-14-10/h1-6H. The number of rotatable bonds is 2. The van der Waals surface area contributed by atoms with E-state index in [1.807, 2.05) is 0 Å². The summed E-state index contributed by atoms with van der Waals surface area (Å²) in [5.41, 5.74) is 0. The molecule has 0 N–H and O–H groups in total. The highest BCUT2D eigenvalue weighted by Gasteiger charge is 1.93. The SMILES string of the molecule is Clc1ccc(N=Nc2ccc(Cl)cn2)nc1. The Morgan fingerprint density at radius 3 is 1.50 bits per heavy atom. The second-order valence-electron chi connectivity index (χ2n) is 2.87. The third-order valence-electron chi connectivity index (χ3n) is 1.68. The van der Waals surface area contributed by atoms with Gasteiger partial charge in [0.2, 0.25) is 0 Å². The van der Waals surface area contributed by atoms with Crippen molar-refractivity contribution in [1.82, 2.24) is 9.97 Å². The van der Waals surface area contributed by atoms with E-state index in [9.17, 15) is 0 Å². The van der Waals surface area contributed by atoms with Crippen molar-refractivity contribution in [3.8, 4) is 0 Å². The molecule has 2 rings (SSSR count). The first-order chi connectivity index (χ1) is 7.74. The van der Waals surface area contributed by atoms with Crippen LogP contribution in [-0.2, 0) is 0 Å². The molecule has 2 aromatic heterocycles. The van der Waals surface area contributed by atoms with Gasteiger partial charge in [-0.05, 0) is 24.3 Å². The lowest BCUT2D eigenvalue weighted by Gasteiger charge is -1.92. The predicted molar refractivity (Wildman–Crippen MR) is 62.7 cm³/mol. The summed E-state index contributed by atoms with van der Waals surface area (Å²) in [4.78, 5) is 7.93. The van der Waals surface area contributed by atoms with Crippen LogP contribution in [0.2, 0.25) is 10.0 Å². The van der Waals surface area contributed by atoms with Crippen LogP contribution in [0.15, 0.2) is 46.9 Å². The molecule has 6 heteroatoms. The molecule has 0 spiro atoms. The Bertz CT molecular complexity index is 446. The Morgan fingerprint density at radius 1 is 0.750 bits per heavy atom. The quantitative estimate of drug-likeness (QED) is 0.753. The Hall–Kier alpha value is -1.52. The first-order valence-corrected chi connectivity index (χ1v) is 5.14. The molecule has 0 bridgehead atoms. The van der Waals surface area contributed by atoms with Gasteiger partial charge in [-0.1, -0.05) is 23.2 Å². The fraction of sp³-hybridized carbons (Fsp3) is 0. The van der Waals surface area contributed by atoms with Gasteiger partial charge in [0.25, 0.3) is 0 Å². The van der Waals surface area contributed by atoms with Crippen LogP contribution in [0.4, 0.5) is 11.6 Å². The molecular formula is C10H6Cl2N4. The molecule has 0 aliphatic carbocycles. The van der Waals surface area contributed by atoms with Gasteiger partial charge in [0.05, 0.1) is 10.0 Å². The van der Waals surface area contributed by atoms with Gasteiger partial charge in [-0.3, -0.25) is 0 Å². The highest BCUT2D eigenvalue weighted by Crippen LogP contribution is 2.17. The summed E-state index contributed by atoms with van der Waals surface area (Å²) in [6.45, 7) is 0. The summed E-state index contributed by atoms with van der Waals surface area (Å²) < 4.78 is 0. The second-order valence-corrected chi connectivity index (χ2v) is 3.74. The van der Waals surface area contributed by atoms with Crippen LogP contribution in [0, 0.1) is 0 Å². The van der Waals surface area contributed by atoms with Gasteiger partial charge in [0.15, 0.2) is 11.6 Å². The number of hydrogen-bond donors (Lipinski definition) is 0. The zero-order chi connectivity index (χ0) is 11.4. The van der Waals surface area contributed by atoms with Crippen LogP contribution in [0.25, 0.3) is 0 Å². The van der Waals surface area contributed by atoms with Gasteiger partial charge < -0.3 is 0 Å². The Balaban J connectivity index is 2.15. The van der Waals surface area contributed by atoms with E-state index in [4.69, 9.17) is 23.2 Å². The molecule has 0 atom stereocenters. The van der Waals surface area contributed by atoms with E-state index in [0.717, 1.165) is 0 Å². The minimum Gasteiger partial charge on any atom is -0.234 e. The molecule has 0 amide bonds. The van der Waals surface area contributed by atoms with Crippen molar-refractivity contribution in [1.29, 1.82) is 0 Å². The average molecular weight is 253 g/mol. The van der Waals surface area contributed by atoms with E-state index in [1.165, 1.54) is 12.4 Å². The topological polar surface area (TPSA) is 50.5 Å². The van der Waals surface area contributed by atoms with Gasteiger partial charge >= 0.3 is 0 Å². The highest BCUT2D eigenvalue weighted by molar-refractivity contribution is 6.30. The van der Waals surface area contributed by atoms with Crippen LogP contribution in [0.3, 0.4) is 0 Å². The molecule has 16 heavy (non-hydrogen) atoms. The van der Waals surface area contributed by atoms with Crippen molar-refractivity contribution in [2.24, 2.45) is 10.2 Å². The van der Waals surface area contributed by atoms with Gasteiger partial charge in [-0.25, -0.2) is 9.97 Å². The molecule has 0 aromatic carbocycles. The molecule has 0 aliphatic rings. The number of halogens is 2. The number of hydrogen-bond acceptors (Lipinski definition) is 4. The van der Waals surface area contributed by atoms with E-state index < -0.39 is 0 Å². The first-order valence-electron chi connectivity index (χ1n) is 4.39. The van der Waals surface area contributed by atoms with Gasteiger partial charge in [0, 0.05) is 12.4 Å². The molecule has 0 radical (unpaired) electrons. The Labute approximate surface area is 102 Å². The zero-order valence-corrected chi connectivity index (χ0v) is 9.52. The number of aromatic nitrogens is 2. The molecule has 0 saturated carbocycles. The number of nitrogens with zero attached hydrogens (tertiary/aromatic N) is 4. The predicted octanol–water partition coefficient (Wildman–Crippen LogP) is 4.20. The van der Waals surface area contributed by atoms with E-state index in [2.05, 4.69) is 20.2 Å². The zero-order valence-electron chi connectivity index (χ0n) is 8.01. The van der Waals surface area contributed by atoms with Crippen LogP contribution < -0.4 is 0 Å². The summed E-state index contributed by atoms with van der Waals surface area (Å²) in [6, 6.07) is 6.72. The smallest absolute Gasteiger partial charge is 0.174 e. The monoisotopic (exact) mass is 252 g/mol. The Morgan fingerprint density at radius 2 is 1.19 bits per heavy atom. The van der Waals surface area contributed by atoms with Crippen molar-refractivity contribution in [2.75, 3.05) is 0 Å². The molecule has 2 heterocycles. The summed E-state index contributed by atoms with van der Waals surface area (Å²) in [5.74, 6) is 0.947. The van der Waals surface area contributed by atoms with E-state index in [1.54, 1.807) is 24.3 Å². The molecule has 80 valence electrons. The van der Waals surface area contributed by atoms with Crippen molar-refractivity contribution in [3.63, 3.8) is 0 Å². The maximum atomic E-state index is 5.68. The summed E-state index contributed by atoms with van der Waals surface area (Å²) in [5, 5.41) is 8.91. The fourth-order valence-corrected chi connectivity index (χ4v) is 1.18. The summed E-state index contributed by atoms with van der Waals surface area (Å²) in [7, 11) is 0. The fourth-order valence-electron chi connectivity index (χ4n) is 0.957. The maximum absolute atomic E-state index is 5.68. The number of pyridine rings is 2. The van der Waals surface area contributed by atoms with E-state index in [-0.39, 0.29) is 0 Å². The molecule has 0 unspecified atom stereocenters. The van der Waals surface area contributed by atoms with Crippen LogP contribution >= 0.6 is 23.2 Å². The normalized spacial score (nSPS) is 10.9. The van der Waals surface area contributed by atoms with Crippen LogP contribution in [-0.4, -0.2) is 9.97 Å². The first kappa shape index (κ1) is 11.0. The van der Waals surface area contributed by atoms with E-state index in [0.29, 0.717) is 21.7 Å². The van der Waals surface area contributed by atoms with Crippen LogP contribution in [0.5, 0.6) is 0 Å². The van der Waals surface area contributed by atoms with Crippen molar-refractivity contribution in [3.05, 3.63) is 46.7 Å². The minimum atomic E-state index is 0.473. The molecular weight excluding hydrogens is 247 g/mol. The lowest BCUT2D eigenvalue weighted by atomic mass is 10.5. The van der Waals surface area contributed by atoms with Gasteiger partial charge in [-0.2, -0.15) is 0 Å². The molecule has 0 aliphatic heterocycles. The summed E-state index contributed by atoms with van der Waals surface area (Å²) >= 11 is 11.4. The second kappa shape index (κ2) is 5.01. The maximum Gasteiger partial charge on any atom is 0.174 e. The third-order valence-corrected chi connectivity index (χ3v) is 2.13. The highest BCUT2D eigenvalue weighted by atomic mass is 35.5. The lowest BCUT2D eigenvalue weighted by molar-refractivity contribution is 1.11. The van der Waals surface area contributed by atoms with Crippen molar-refractivity contribution in [2.45, 2.75) is 0 Å². The van der Waals surface area contributed by atoms with Crippen molar-refractivity contribution >= 4 is 34.8 Å². The molecule has 2 aromatic rings.